The maximum Gasteiger partial charge on any atom is 0.341 e. The highest BCUT2D eigenvalue weighted by Gasteiger charge is 2.22. The second-order valence-electron chi connectivity index (χ2n) is 5.77. The number of hydrogen-bond acceptors (Lipinski definition) is 7. The van der Waals surface area contributed by atoms with Gasteiger partial charge in [0, 0.05) is 18.1 Å². The van der Waals surface area contributed by atoms with Gasteiger partial charge in [-0.05, 0) is 24.3 Å². The van der Waals surface area contributed by atoms with Crippen molar-refractivity contribution >= 4 is 23.5 Å². The summed E-state index contributed by atoms with van der Waals surface area (Å²) >= 11 is 0. The molecule has 28 heavy (non-hydrogen) atoms. The summed E-state index contributed by atoms with van der Waals surface area (Å²) in [4.78, 5) is 47.6. The first-order valence-corrected chi connectivity index (χ1v) is 8.07. The van der Waals surface area contributed by atoms with Crippen molar-refractivity contribution in [1.82, 2.24) is 14.8 Å². The number of benzene rings is 1. The van der Waals surface area contributed by atoms with E-state index in [0.717, 1.165) is 0 Å². The Morgan fingerprint density at radius 1 is 1.07 bits per heavy atom. The number of carbonyl (C=O) groups excluding carboxylic acids is 3. The second kappa shape index (κ2) is 7.74. The van der Waals surface area contributed by atoms with Crippen molar-refractivity contribution in [2.45, 2.75) is 6.54 Å². The predicted octanol–water partition coefficient (Wildman–Crippen LogP) is 0.888. The average molecular weight is 384 g/mol. The van der Waals surface area contributed by atoms with Gasteiger partial charge in [-0.25, -0.2) is 14.7 Å². The third-order valence-corrected chi connectivity index (χ3v) is 3.94. The van der Waals surface area contributed by atoms with Crippen molar-refractivity contribution in [2.75, 3.05) is 19.5 Å². The SMILES string of the molecule is COC(=O)c1ccc(NC(=O)Cn2cc(C(=O)OC)c3n[nH]c(=O)c-3c2)cc1. The van der Waals surface area contributed by atoms with E-state index in [4.69, 9.17) is 4.74 Å². The van der Waals surface area contributed by atoms with Gasteiger partial charge in [0.25, 0.3) is 5.56 Å². The van der Waals surface area contributed by atoms with Crippen LogP contribution >= 0.6 is 0 Å². The van der Waals surface area contributed by atoms with Crippen LogP contribution in [0.2, 0.25) is 0 Å². The standard InChI is InChI=1S/C18H16N4O6/c1-27-17(25)10-3-5-11(6-4-10)19-14(23)9-22-7-12-15(20-21-16(12)24)13(8-22)18(26)28-2/h3-8H,9H2,1-2H3,(H,19,23)(H,21,24). The van der Waals surface area contributed by atoms with E-state index in [1.807, 2.05) is 0 Å². The Hall–Kier alpha value is -3.95. The van der Waals surface area contributed by atoms with E-state index in [1.54, 1.807) is 12.1 Å². The molecule has 0 bridgehead atoms. The summed E-state index contributed by atoms with van der Waals surface area (Å²) in [5.41, 5.74) is 0.748. The van der Waals surface area contributed by atoms with Gasteiger partial charge in [0.15, 0.2) is 0 Å². The van der Waals surface area contributed by atoms with Crippen LogP contribution in [0, 0.1) is 0 Å². The highest BCUT2D eigenvalue weighted by Crippen LogP contribution is 2.20. The van der Waals surface area contributed by atoms with Crippen molar-refractivity contribution in [3.05, 3.63) is 58.1 Å². The van der Waals surface area contributed by atoms with Crippen LogP contribution in [0.5, 0.6) is 0 Å². The summed E-state index contributed by atoms with van der Waals surface area (Å²) in [5.74, 6) is -1.56. The largest absolute Gasteiger partial charge is 0.465 e. The summed E-state index contributed by atoms with van der Waals surface area (Å²) in [7, 11) is 2.49. The number of aromatic amines is 1. The van der Waals surface area contributed by atoms with Crippen molar-refractivity contribution < 1.29 is 23.9 Å². The van der Waals surface area contributed by atoms with Crippen LogP contribution in [0.3, 0.4) is 0 Å². The van der Waals surface area contributed by atoms with Crippen molar-refractivity contribution in [2.24, 2.45) is 0 Å². The van der Waals surface area contributed by atoms with Gasteiger partial charge in [0.05, 0.1) is 25.3 Å². The number of carbonyl (C=O) groups is 3. The van der Waals surface area contributed by atoms with E-state index in [0.29, 0.717) is 11.3 Å². The molecule has 1 amide bonds. The number of anilines is 1. The molecule has 0 unspecified atom stereocenters. The molecule has 0 atom stereocenters. The van der Waals surface area contributed by atoms with Gasteiger partial charge in [-0.1, -0.05) is 0 Å². The number of esters is 2. The summed E-state index contributed by atoms with van der Waals surface area (Å²) in [6.07, 6.45) is 2.81. The van der Waals surface area contributed by atoms with Gasteiger partial charge in [-0.15, -0.1) is 0 Å². The molecule has 10 nitrogen and oxygen atoms in total. The van der Waals surface area contributed by atoms with Gasteiger partial charge in [-0.3, -0.25) is 9.59 Å². The number of amides is 1. The molecule has 1 aromatic rings. The van der Waals surface area contributed by atoms with Crippen molar-refractivity contribution in [3.8, 4) is 11.3 Å². The van der Waals surface area contributed by atoms with E-state index in [2.05, 4.69) is 20.3 Å². The fourth-order valence-corrected chi connectivity index (χ4v) is 2.61. The molecule has 2 heterocycles. The number of hydrogen-bond donors (Lipinski definition) is 2. The lowest BCUT2D eigenvalue weighted by atomic mass is 10.1. The molecule has 1 aromatic carbocycles. The fraction of sp³-hybridized carbons (Fsp3) is 0.167. The summed E-state index contributed by atoms with van der Waals surface area (Å²) in [6.45, 7) is -0.163. The maximum atomic E-state index is 12.3. The van der Waals surface area contributed by atoms with Gasteiger partial charge >= 0.3 is 11.9 Å². The van der Waals surface area contributed by atoms with Crippen molar-refractivity contribution in [1.29, 1.82) is 0 Å². The van der Waals surface area contributed by atoms with Crippen LogP contribution < -0.4 is 10.9 Å². The van der Waals surface area contributed by atoms with E-state index >= 15 is 0 Å². The third kappa shape index (κ3) is 3.75. The first-order valence-electron chi connectivity index (χ1n) is 8.07. The molecule has 0 fully saturated rings. The summed E-state index contributed by atoms with van der Waals surface area (Å²) < 4.78 is 10.7. The van der Waals surface area contributed by atoms with Crippen LogP contribution in [0.4, 0.5) is 5.69 Å². The zero-order chi connectivity index (χ0) is 20.3. The Balaban J connectivity index is 1.80. The molecule has 0 spiro atoms. The Morgan fingerprint density at radius 2 is 1.75 bits per heavy atom. The van der Waals surface area contributed by atoms with E-state index in [9.17, 15) is 19.2 Å². The molecular formula is C18H16N4O6. The lowest BCUT2D eigenvalue weighted by molar-refractivity contribution is -0.116. The molecule has 2 N–H and O–H groups in total. The number of fused-ring (bicyclic) bond motifs is 1. The summed E-state index contributed by atoms with van der Waals surface area (Å²) in [5, 5.41) is 8.75. The lowest BCUT2D eigenvalue weighted by Crippen LogP contribution is -2.21. The molecule has 0 radical (unpaired) electrons. The van der Waals surface area contributed by atoms with Crippen LogP contribution in [0.15, 0.2) is 41.5 Å². The monoisotopic (exact) mass is 384 g/mol. The molecule has 10 heteroatoms. The molecule has 0 saturated carbocycles. The normalized spacial score (nSPS) is 10.5. The number of nitrogens with zero attached hydrogens (tertiary/aromatic N) is 2. The molecule has 144 valence electrons. The molecule has 0 aromatic heterocycles. The second-order valence-corrected chi connectivity index (χ2v) is 5.77. The fourth-order valence-electron chi connectivity index (χ4n) is 2.61. The highest BCUT2D eigenvalue weighted by atomic mass is 16.5. The minimum absolute atomic E-state index is 0.0635. The van der Waals surface area contributed by atoms with Gasteiger partial charge in [-0.2, -0.15) is 5.10 Å². The van der Waals surface area contributed by atoms with Crippen LogP contribution in [-0.4, -0.2) is 46.8 Å². The number of ether oxygens (including phenoxy) is 2. The quantitative estimate of drug-likeness (QED) is 0.624. The minimum Gasteiger partial charge on any atom is -0.465 e. The first kappa shape index (κ1) is 18.8. The highest BCUT2D eigenvalue weighted by molar-refractivity contribution is 5.96. The molecule has 0 saturated heterocycles. The number of methoxy groups -OCH3 is 2. The summed E-state index contributed by atoms with van der Waals surface area (Å²) in [6, 6.07) is 6.16. The van der Waals surface area contributed by atoms with Gasteiger partial charge in [0.2, 0.25) is 5.91 Å². The zero-order valence-corrected chi connectivity index (χ0v) is 15.0. The smallest absolute Gasteiger partial charge is 0.341 e. The number of nitrogens with one attached hydrogen (secondary N) is 2. The number of aromatic nitrogens is 3. The third-order valence-electron chi connectivity index (χ3n) is 3.94. The Morgan fingerprint density at radius 3 is 2.39 bits per heavy atom. The maximum absolute atomic E-state index is 12.3. The van der Waals surface area contributed by atoms with E-state index in [-0.39, 0.29) is 23.4 Å². The van der Waals surface area contributed by atoms with Gasteiger partial charge in [0.1, 0.15) is 17.8 Å². The van der Waals surface area contributed by atoms with Crippen LogP contribution in [0.1, 0.15) is 20.7 Å². The Kier molecular flexibility index (Phi) is 5.21. The van der Waals surface area contributed by atoms with E-state index < -0.39 is 23.4 Å². The first-order chi connectivity index (χ1) is 13.4. The molecule has 2 aliphatic heterocycles. The predicted molar refractivity (Wildman–Crippen MR) is 97.2 cm³/mol. The topological polar surface area (TPSA) is 132 Å². The molecule has 0 aliphatic carbocycles. The minimum atomic E-state index is -0.676. The molecule has 2 aliphatic rings. The van der Waals surface area contributed by atoms with Crippen LogP contribution in [0.25, 0.3) is 11.3 Å². The Bertz CT molecular complexity index is 1070. The van der Waals surface area contributed by atoms with Crippen molar-refractivity contribution in [3.63, 3.8) is 0 Å². The zero-order valence-electron chi connectivity index (χ0n) is 15.0. The lowest BCUT2D eigenvalue weighted by Gasteiger charge is -2.12. The number of rotatable bonds is 5. The molecule has 3 rings (SSSR count). The average Bonchev–Trinajstić information content (AvgIpc) is 3.07. The molecular weight excluding hydrogens is 368 g/mol. The number of H-pyrrole nitrogens is 1. The van der Waals surface area contributed by atoms with E-state index in [1.165, 1.54) is 43.3 Å². The number of pyridine rings is 1. The van der Waals surface area contributed by atoms with Gasteiger partial charge < -0.3 is 19.4 Å². The van der Waals surface area contributed by atoms with Crippen LogP contribution in [-0.2, 0) is 20.8 Å². The Labute approximate surface area is 158 Å².